The molecule has 0 unspecified atom stereocenters. The van der Waals surface area contributed by atoms with Gasteiger partial charge in [0.05, 0.1) is 5.69 Å². The summed E-state index contributed by atoms with van der Waals surface area (Å²) in [6, 6.07) is 16.1. The molecule has 0 radical (unpaired) electrons. The molecule has 0 saturated carbocycles. The van der Waals surface area contributed by atoms with Gasteiger partial charge in [-0.3, -0.25) is 4.79 Å². The van der Waals surface area contributed by atoms with Gasteiger partial charge in [0, 0.05) is 59.6 Å². The first-order valence-electron chi connectivity index (χ1n) is 15.8. The summed E-state index contributed by atoms with van der Waals surface area (Å²) >= 11 is 1.58. The maximum atomic E-state index is 13.4. The largest absolute Gasteiger partial charge is 0.471 e. The zero-order valence-corrected chi connectivity index (χ0v) is 27.7. The number of nitrogens with zero attached hydrogens (tertiary/aromatic N) is 5. The lowest BCUT2D eigenvalue weighted by molar-refractivity contribution is -0.159. The van der Waals surface area contributed by atoms with Gasteiger partial charge in [0.15, 0.2) is 0 Å². The van der Waals surface area contributed by atoms with Crippen LogP contribution >= 0.6 is 11.3 Å². The van der Waals surface area contributed by atoms with Crippen LogP contribution in [-0.2, 0) is 16.3 Å². The molecule has 254 valence electrons. The van der Waals surface area contributed by atoms with Gasteiger partial charge in [-0.05, 0) is 58.8 Å². The van der Waals surface area contributed by atoms with E-state index < -0.39 is 23.1 Å². The number of hydrogen-bond donors (Lipinski definition) is 1. The lowest BCUT2D eigenvalue weighted by atomic mass is 9.78. The third-order valence-corrected chi connectivity index (χ3v) is 9.69. The normalized spacial score (nSPS) is 17.2. The number of ether oxygens (including phenoxy) is 1. The third kappa shape index (κ3) is 7.70. The van der Waals surface area contributed by atoms with Crippen molar-refractivity contribution in [3.05, 3.63) is 76.4 Å². The first-order chi connectivity index (χ1) is 22.8. The van der Waals surface area contributed by atoms with Crippen LogP contribution in [0.5, 0.6) is 0 Å². The molecule has 6 rings (SSSR count). The molecule has 2 aromatic heterocycles. The van der Waals surface area contributed by atoms with E-state index in [9.17, 15) is 22.8 Å². The average Bonchev–Trinajstić information content (AvgIpc) is 3.73. The molecule has 14 heteroatoms. The SMILES string of the molecule is CC(C)(C)OC(=O)N1CC(CN2CCC(CNC(=O)c3cccc(-c4noc(C(F)(F)F)n4)c3)(c3nc(-c4ccccc4)cs3)CC2)C1. The van der Waals surface area contributed by atoms with Crippen molar-refractivity contribution in [1.82, 2.24) is 30.2 Å². The Morgan fingerprint density at radius 3 is 2.40 bits per heavy atom. The third-order valence-electron chi connectivity index (χ3n) is 8.60. The van der Waals surface area contributed by atoms with E-state index in [0.29, 0.717) is 25.6 Å². The molecular formula is C34H37F3N6O4S. The summed E-state index contributed by atoms with van der Waals surface area (Å²) < 4.78 is 48.8. The van der Waals surface area contributed by atoms with Gasteiger partial charge in [0.1, 0.15) is 10.6 Å². The van der Waals surface area contributed by atoms with E-state index >= 15 is 0 Å². The summed E-state index contributed by atoms with van der Waals surface area (Å²) in [5, 5.41) is 9.52. The monoisotopic (exact) mass is 682 g/mol. The van der Waals surface area contributed by atoms with Crippen molar-refractivity contribution < 1.29 is 32.0 Å². The zero-order valence-electron chi connectivity index (χ0n) is 26.9. The molecule has 2 saturated heterocycles. The van der Waals surface area contributed by atoms with Crippen molar-refractivity contribution in [3.8, 4) is 22.6 Å². The smallest absolute Gasteiger partial charge is 0.444 e. The van der Waals surface area contributed by atoms with Gasteiger partial charge in [-0.15, -0.1) is 11.3 Å². The van der Waals surface area contributed by atoms with Crippen molar-refractivity contribution >= 4 is 23.3 Å². The van der Waals surface area contributed by atoms with E-state index in [1.165, 1.54) is 12.1 Å². The molecule has 2 aliphatic heterocycles. The van der Waals surface area contributed by atoms with Crippen molar-refractivity contribution in [3.63, 3.8) is 0 Å². The number of amides is 2. The van der Waals surface area contributed by atoms with Crippen LogP contribution in [0, 0.1) is 5.92 Å². The molecule has 4 heterocycles. The molecule has 2 amide bonds. The molecule has 4 aromatic rings. The fourth-order valence-electron chi connectivity index (χ4n) is 6.02. The van der Waals surface area contributed by atoms with E-state index in [2.05, 4.69) is 24.9 Å². The van der Waals surface area contributed by atoms with Gasteiger partial charge in [-0.1, -0.05) is 47.6 Å². The molecule has 1 N–H and O–H groups in total. The summed E-state index contributed by atoms with van der Waals surface area (Å²) in [5.74, 6) is -1.70. The Hall–Kier alpha value is -4.30. The van der Waals surface area contributed by atoms with Crippen LogP contribution in [0.15, 0.2) is 64.5 Å². The minimum absolute atomic E-state index is 0.235. The van der Waals surface area contributed by atoms with Gasteiger partial charge < -0.3 is 24.4 Å². The van der Waals surface area contributed by atoms with Gasteiger partial charge in [-0.2, -0.15) is 18.2 Å². The van der Waals surface area contributed by atoms with Crippen LogP contribution < -0.4 is 5.32 Å². The number of alkyl halides is 3. The highest BCUT2D eigenvalue weighted by Gasteiger charge is 2.42. The van der Waals surface area contributed by atoms with Crippen molar-refractivity contribution in [2.24, 2.45) is 5.92 Å². The van der Waals surface area contributed by atoms with Gasteiger partial charge in [-0.25, -0.2) is 9.78 Å². The van der Waals surface area contributed by atoms with Crippen LogP contribution in [0.2, 0.25) is 0 Å². The van der Waals surface area contributed by atoms with Gasteiger partial charge in [0.2, 0.25) is 5.82 Å². The Bertz CT molecular complexity index is 1740. The summed E-state index contributed by atoms with van der Waals surface area (Å²) in [6.45, 7) is 9.72. The van der Waals surface area contributed by atoms with Crippen molar-refractivity contribution in [1.29, 1.82) is 0 Å². The second kappa shape index (κ2) is 13.3. The number of nitrogens with one attached hydrogen (secondary N) is 1. The Morgan fingerprint density at radius 2 is 1.73 bits per heavy atom. The van der Waals surface area contributed by atoms with E-state index in [1.807, 2.05) is 56.5 Å². The standard InChI is InChI=1S/C34H37F3N6O4S/c1-32(2,3)46-31(45)43-18-22(19-43)17-42-14-12-33(13-15-42,30-39-26(20-48-30)23-8-5-4-6-9-23)21-38-28(44)25-11-7-10-24(16-25)27-40-29(47-41-27)34(35,36)37/h4-11,16,20,22H,12-15,17-19,21H2,1-3H3,(H,38,44). The number of carbonyl (C=O) groups excluding carboxylic acids is 2. The Balaban J connectivity index is 1.13. The predicted molar refractivity (Wildman–Crippen MR) is 173 cm³/mol. The summed E-state index contributed by atoms with van der Waals surface area (Å²) in [6.07, 6.45) is -3.51. The zero-order chi connectivity index (χ0) is 34.1. The second-order valence-corrected chi connectivity index (χ2v) is 14.3. The molecule has 2 aromatic carbocycles. The maximum Gasteiger partial charge on any atom is 0.471 e. The van der Waals surface area contributed by atoms with Crippen LogP contribution in [-0.4, -0.2) is 81.8 Å². The van der Waals surface area contributed by atoms with Gasteiger partial charge in [0.25, 0.3) is 5.91 Å². The van der Waals surface area contributed by atoms with E-state index in [1.54, 1.807) is 28.4 Å². The highest BCUT2D eigenvalue weighted by molar-refractivity contribution is 7.10. The Morgan fingerprint density at radius 1 is 1.02 bits per heavy atom. The van der Waals surface area contributed by atoms with Gasteiger partial charge >= 0.3 is 18.2 Å². The molecule has 2 fully saturated rings. The molecule has 0 aliphatic carbocycles. The summed E-state index contributed by atoms with van der Waals surface area (Å²) in [7, 11) is 0. The topological polar surface area (TPSA) is 114 Å². The number of rotatable bonds is 8. The average molecular weight is 683 g/mol. The molecule has 10 nitrogen and oxygen atoms in total. The first-order valence-corrected chi connectivity index (χ1v) is 16.7. The number of piperidine rings is 1. The van der Waals surface area contributed by atoms with E-state index in [0.717, 1.165) is 48.7 Å². The number of halogens is 3. The highest BCUT2D eigenvalue weighted by atomic mass is 32.1. The van der Waals surface area contributed by atoms with E-state index in [-0.39, 0.29) is 29.0 Å². The number of likely N-dealkylation sites (tertiary alicyclic amines) is 2. The number of aromatic nitrogens is 3. The van der Waals surface area contributed by atoms with Crippen LogP contribution in [0.1, 0.15) is 54.9 Å². The predicted octanol–water partition coefficient (Wildman–Crippen LogP) is 6.51. The lowest BCUT2D eigenvalue weighted by Gasteiger charge is -2.45. The molecule has 2 aliphatic rings. The van der Waals surface area contributed by atoms with Crippen LogP contribution in [0.4, 0.5) is 18.0 Å². The Labute approximate surface area is 280 Å². The molecule has 0 bridgehead atoms. The molecule has 48 heavy (non-hydrogen) atoms. The maximum absolute atomic E-state index is 13.4. The van der Waals surface area contributed by atoms with E-state index in [4.69, 9.17) is 9.72 Å². The number of hydrogen-bond acceptors (Lipinski definition) is 9. The number of thiazole rings is 1. The lowest BCUT2D eigenvalue weighted by Crippen LogP contribution is -2.56. The fourth-order valence-corrected chi connectivity index (χ4v) is 7.11. The Kier molecular flexibility index (Phi) is 9.31. The number of carbonyl (C=O) groups is 2. The minimum atomic E-state index is -4.77. The fraction of sp³-hybridized carbons (Fsp3) is 0.441. The molecular weight excluding hydrogens is 645 g/mol. The molecule has 0 spiro atoms. The van der Waals surface area contributed by atoms with Crippen molar-refractivity contribution in [2.75, 3.05) is 39.3 Å². The minimum Gasteiger partial charge on any atom is -0.444 e. The first kappa shape index (κ1) is 33.6. The van der Waals surface area contributed by atoms with Crippen molar-refractivity contribution in [2.45, 2.75) is 50.8 Å². The summed E-state index contributed by atoms with van der Waals surface area (Å²) in [4.78, 5) is 38.5. The summed E-state index contributed by atoms with van der Waals surface area (Å²) in [5.41, 5.74) is 1.45. The molecule has 0 atom stereocenters. The quantitative estimate of drug-likeness (QED) is 0.224. The highest BCUT2D eigenvalue weighted by Crippen LogP contribution is 2.39. The van der Waals surface area contributed by atoms with Crippen LogP contribution in [0.3, 0.4) is 0 Å². The van der Waals surface area contributed by atoms with Crippen LogP contribution in [0.25, 0.3) is 22.6 Å². The second-order valence-electron chi connectivity index (χ2n) is 13.4. The number of benzene rings is 2.